The third-order valence-corrected chi connectivity index (χ3v) is 3.53. The van der Waals surface area contributed by atoms with E-state index in [4.69, 9.17) is 9.52 Å². The highest BCUT2D eigenvalue weighted by atomic mass is 19.4. The molecule has 2 aromatic carbocycles. The van der Waals surface area contributed by atoms with Crippen LogP contribution in [0.4, 0.5) is 13.2 Å². The lowest BCUT2D eigenvalue weighted by Gasteiger charge is -2.09. The van der Waals surface area contributed by atoms with E-state index in [0.29, 0.717) is 12.0 Å². The van der Waals surface area contributed by atoms with Crippen molar-refractivity contribution in [2.24, 2.45) is 0 Å². The molecule has 1 aromatic heterocycles. The lowest BCUT2D eigenvalue weighted by molar-refractivity contribution is -0.137. The van der Waals surface area contributed by atoms with E-state index >= 15 is 0 Å². The molecule has 0 spiro atoms. The molecule has 0 unspecified atom stereocenters. The van der Waals surface area contributed by atoms with Crippen LogP contribution in [0.2, 0.25) is 0 Å². The normalized spacial score (nSPS) is 11.7. The van der Waals surface area contributed by atoms with Crippen LogP contribution in [-0.4, -0.2) is 15.3 Å². The van der Waals surface area contributed by atoms with Crippen molar-refractivity contribution in [1.82, 2.24) is 10.2 Å². The van der Waals surface area contributed by atoms with E-state index < -0.39 is 11.7 Å². The number of hydrogen-bond acceptors (Lipinski definition) is 4. The summed E-state index contributed by atoms with van der Waals surface area (Å²) in [6.07, 6.45) is -3.92. The molecule has 0 saturated heterocycles. The first-order valence-electron chi connectivity index (χ1n) is 7.15. The molecule has 0 saturated carbocycles. The number of aliphatic hydroxyl groups excluding tert-OH is 1. The van der Waals surface area contributed by atoms with Gasteiger partial charge in [0.05, 0.1) is 5.56 Å². The molecular weight excluding hydrogens is 321 g/mol. The third kappa shape index (κ3) is 3.46. The number of halogens is 3. The zero-order chi connectivity index (χ0) is 17.2. The Hall–Kier alpha value is -2.67. The summed E-state index contributed by atoms with van der Waals surface area (Å²) in [5, 5.41) is 16.6. The van der Waals surface area contributed by atoms with Gasteiger partial charge in [-0.3, -0.25) is 0 Å². The molecule has 0 aliphatic carbocycles. The van der Waals surface area contributed by atoms with Crippen molar-refractivity contribution in [1.29, 1.82) is 0 Å². The predicted octanol–water partition coefficient (Wildman–Crippen LogP) is 3.84. The molecule has 4 nitrogen and oxygen atoms in total. The van der Waals surface area contributed by atoms with E-state index in [1.165, 1.54) is 12.1 Å². The van der Waals surface area contributed by atoms with Crippen LogP contribution in [0.3, 0.4) is 0 Å². The summed E-state index contributed by atoms with van der Waals surface area (Å²) in [5.41, 5.74) is 1.58. The van der Waals surface area contributed by atoms with Crippen molar-refractivity contribution < 1.29 is 22.7 Å². The zero-order valence-electron chi connectivity index (χ0n) is 12.4. The number of nitrogens with zero attached hydrogens (tertiary/aromatic N) is 2. The number of aromatic nitrogens is 2. The third-order valence-electron chi connectivity index (χ3n) is 3.53. The smallest absolute Gasteiger partial charge is 0.416 e. The molecule has 1 N–H and O–H groups in total. The molecule has 0 aliphatic rings. The fourth-order valence-electron chi connectivity index (χ4n) is 2.34. The number of aliphatic hydroxyl groups is 1. The minimum Gasteiger partial charge on any atom is -0.418 e. The molecule has 0 fully saturated rings. The van der Waals surface area contributed by atoms with E-state index in [1.54, 1.807) is 12.1 Å². The summed E-state index contributed by atoms with van der Waals surface area (Å²) in [4.78, 5) is 0. The van der Waals surface area contributed by atoms with Crippen LogP contribution in [0.1, 0.15) is 22.6 Å². The van der Waals surface area contributed by atoms with Crippen LogP contribution in [-0.2, 0) is 19.2 Å². The molecule has 0 bridgehead atoms. The van der Waals surface area contributed by atoms with Gasteiger partial charge in [0.2, 0.25) is 11.8 Å². The van der Waals surface area contributed by atoms with E-state index in [2.05, 4.69) is 10.2 Å². The average molecular weight is 334 g/mol. The lowest BCUT2D eigenvalue weighted by Crippen LogP contribution is -2.04. The number of hydrogen-bond donors (Lipinski definition) is 1. The van der Waals surface area contributed by atoms with Gasteiger partial charge >= 0.3 is 6.18 Å². The Balaban J connectivity index is 1.88. The Bertz CT molecular complexity index is 826. The van der Waals surface area contributed by atoms with Gasteiger partial charge < -0.3 is 9.52 Å². The maximum atomic E-state index is 12.6. The second-order valence-corrected chi connectivity index (χ2v) is 5.19. The summed E-state index contributed by atoms with van der Waals surface area (Å²) in [5.74, 6) is 0.371. The number of alkyl halides is 3. The lowest BCUT2D eigenvalue weighted by atomic mass is 9.99. The second-order valence-electron chi connectivity index (χ2n) is 5.19. The summed E-state index contributed by atoms with van der Waals surface area (Å²) in [7, 11) is 0. The monoisotopic (exact) mass is 334 g/mol. The van der Waals surface area contributed by atoms with Gasteiger partial charge in [0.15, 0.2) is 0 Å². The summed E-state index contributed by atoms with van der Waals surface area (Å²) < 4.78 is 43.2. The molecule has 0 amide bonds. The highest BCUT2D eigenvalue weighted by Gasteiger charge is 2.29. The van der Waals surface area contributed by atoms with Crippen LogP contribution in [0.15, 0.2) is 52.9 Å². The van der Waals surface area contributed by atoms with Gasteiger partial charge in [0, 0.05) is 5.56 Å². The molecule has 0 aliphatic heterocycles. The van der Waals surface area contributed by atoms with Crippen LogP contribution in [0.25, 0.3) is 11.5 Å². The Kier molecular flexibility index (Phi) is 4.35. The van der Waals surface area contributed by atoms with Crippen LogP contribution < -0.4 is 0 Å². The summed E-state index contributed by atoms with van der Waals surface area (Å²) in [6.45, 7) is -0.353. The SMILES string of the molecule is OCc1nnc(-c2ccccc2Cc2ccc(C(F)(F)F)cc2)o1. The standard InChI is InChI=1S/C17H13F3N2O2/c18-17(19,20)13-7-5-11(6-8-13)9-12-3-1-2-4-14(12)16-22-21-15(10-23)24-16/h1-8,23H,9-10H2. The van der Waals surface area contributed by atoms with Gasteiger partial charge in [-0.05, 0) is 35.7 Å². The molecule has 24 heavy (non-hydrogen) atoms. The van der Waals surface area contributed by atoms with Crippen molar-refractivity contribution in [3.8, 4) is 11.5 Å². The van der Waals surface area contributed by atoms with Gasteiger partial charge in [-0.1, -0.05) is 30.3 Å². The second kappa shape index (κ2) is 6.45. The van der Waals surface area contributed by atoms with Gasteiger partial charge in [-0.2, -0.15) is 13.2 Å². The van der Waals surface area contributed by atoms with Crippen molar-refractivity contribution in [3.05, 3.63) is 71.1 Å². The molecule has 3 aromatic rings. The number of rotatable bonds is 4. The Morgan fingerprint density at radius 3 is 2.29 bits per heavy atom. The summed E-state index contributed by atoms with van der Waals surface area (Å²) >= 11 is 0. The van der Waals surface area contributed by atoms with E-state index in [1.807, 2.05) is 12.1 Å². The largest absolute Gasteiger partial charge is 0.418 e. The molecular formula is C17H13F3N2O2. The molecule has 124 valence electrons. The fourth-order valence-corrected chi connectivity index (χ4v) is 2.34. The van der Waals surface area contributed by atoms with Crippen LogP contribution in [0.5, 0.6) is 0 Å². The highest BCUT2D eigenvalue weighted by Crippen LogP contribution is 2.30. The maximum absolute atomic E-state index is 12.6. The van der Waals surface area contributed by atoms with E-state index in [-0.39, 0.29) is 18.4 Å². The highest BCUT2D eigenvalue weighted by molar-refractivity contribution is 5.59. The topological polar surface area (TPSA) is 59.2 Å². The molecule has 7 heteroatoms. The van der Waals surface area contributed by atoms with Gasteiger partial charge in [0.25, 0.3) is 0 Å². The first-order chi connectivity index (χ1) is 11.5. The average Bonchev–Trinajstić information content (AvgIpc) is 3.04. The van der Waals surface area contributed by atoms with E-state index in [9.17, 15) is 13.2 Å². The Morgan fingerprint density at radius 2 is 1.67 bits per heavy atom. The van der Waals surface area contributed by atoms with Crippen molar-refractivity contribution in [2.75, 3.05) is 0 Å². The molecule has 1 heterocycles. The Morgan fingerprint density at radius 1 is 0.958 bits per heavy atom. The van der Waals surface area contributed by atoms with Gasteiger partial charge in [0.1, 0.15) is 6.61 Å². The minimum atomic E-state index is -4.35. The van der Waals surface area contributed by atoms with Crippen molar-refractivity contribution in [2.45, 2.75) is 19.2 Å². The fraction of sp³-hybridized carbons (Fsp3) is 0.176. The molecule has 3 rings (SSSR count). The summed E-state index contributed by atoms with van der Waals surface area (Å²) in [6, 6.07) is 12.3. The van der Waals surface area contributed by atoms with Gasteiger partial charge in [-0.25, -0.2) is 0 Å². The maximum Gasteiger partial charge on any atom is 0.416 e. The van der Waals surface area contributed by atoms with Crippen molar-refractivity contribution >= 4 is 0 Å². The Labute approximate surface area is 135 Å². The zero-order valence-corrected chi connectivity index (χ0v) is 12.4. The van der Waals surface area contributed by atoms with Crippen LogP contribution in [0, 0.1) is 0 Å². The van der Waals surface area contributed by atoms with Crippen LogP contribution >= 0.6 is 0 Å². The number of benzene rings is 2. The van der Waals surface area contributed by atoms with Crippen molar-refractivity contribution in [3.63, 3.8) is 0 Å². The minimum absolute atomic E-state index is 0.106. The van der Waals surface area contributed by atoms with E-state index in [0.717, 1.165) is 23.3 Å². The van der Waals surface area contributed by atoms with Gasteiger partial charge in [-0.15, -0.1) is 10.2 Å². The molecule has 0 atom stereocenters. The first-order valence-corrected chi connectivity index (χ1v) is 7.15. The first kappa shape index (κ1) is 16.2. The predicted molar refractivity (Wildman–Crippen MR) is 79.9 cm³/mol. The quantitative estimate of drug-likeness (QED) is 0.787. The molecule has 0 radical (unpaired) electrons.